The summed E-state index contributed by atoms with van der Waals surface area (Å²) in [7, 11) is 1.81. The normalized spacial score (nSPS) is 17.4. The SMILES string of the molecule is CC1CCCN(CCC(=O)N(C)Cc2ccc(F)cc2)C1.O=C(O)C(F)(F)F. The van der Waals surface area contributed by atoms with Crippen molar-refractivity contribution < 1.29 is 32.3 Å². The smallest absolute Gasteiger partial charge is 0.475 e. The summed E-state index contributed by atoms with van der Waals surface area (Å²) in [6.45, 7) is 5.87. The Morgan fingerprint density at radius 3 is 2.32 bits per heavy atom. The molecule has 1 aliphatic heterocycles. The Balaban J connectivity index is 0.000000480. The monoisotopic (exact) mass is 406 g/mol. The van der Waals surface area contributed by atoms with Crippen LogP contribution in [0.5, 0.6) is 0 Å². The highest BCUT2D eigenvalue weighted by Crippen LogP contribution is 2.16. The van der Waals surface area contributed by atoms with Gasteiger partial charge in [-0.3, -0.25) is 4.79 Å². The van der Waals surface area contributed by atoms with Crippen LogP contribution in [0, 0.1) is 11.7 Å². The number of aliphatic carboxylic acids is 1. The van der Waals surface area contributed by atoms with Crippen molar-refractivity contribution >= 4 is 11.9 Å². The molecule has 0 saturated carbocycles. The number of carboxylic acid groups (broad SMARTS) is 1. The summed E-state index contributed by atoms with van der Waals surface area (Å²) in [6.07, 6.45) is -1.99. The summed E-state index contributed by atoms with van der Waals surface area (Å²) in [5, 5.41) is 7.12. The van der Waals surface area contributed by atoms with Crippen LogP contribution in [0.15, 0.2) is 24.3 Å². The van der Waals surface area contributed by atoms with Gasteiger partial charge in [-0.1, -0.05) is 19.1 Å². The van der Waals surface area contributed by atoms with Crippen LogP contribution < -0.4 is 0 Å². The fraction of sp³-hybridized carbons (Fsp3) is 0.579. The number of benzene rings is 1. The lowest BCUT2D eigenvalue weighted by molar-refractivity contribution is -0.192. The lowest BCUT2D eigenvalue weighted by atomic mass is 10.0. The fourth-order valence-electron chi connectivity index (χ4n) is 2.89. The summed E-state index contributed by atoms with van der Waals surface area (Å²) >= 11 is 0. The van der Waals surface area contributed by atoms with Gasteiger partial charge in [0.15, 0.2) is 0 Å². The number of carboxylic acids is 1. The van der Waals surface area contributed by atoms with Crippen molar-refractivity contribution in [3.63, 3.8) is 0 Å². The maximum Gasteiger partial charge on any atom is 0.490 e. The van der Waals surface area contributed by atoms with Crippen LogP contribution in [-0.4, -0.2) is 59.6 Å². The number of hydrogen-bond acceptors (Lipinski definition) is 3. The molecule has 1 saturated heterocycles. The van der Waals surface area contributed by atoms with Gasteiger partial charge in [0.2, 0.25) is 5.91 Å². The summed E-state index contributed by atoms with van der Waals surface area (Å²) in [5.74, 6) is -2.11. The maximum atomic E-state index is 12.9. The second-order valence-electron chi connectivity index (χ2n) is 6.98. The van der Waals surface area contributed by atoms with Gasteiger partial charge in [-0.05, 0) is 43.0 Å². The van der Waals surface area contributed by atoms with Crippen molar-refractivity contribution in [1.82, 2.24) is 9.80 Å². The molecule has 2 rings (SSSR count). The van der Waals surface area contributed by atoms with Gasteiger partial charge < -0.3 is 14.9 Å². The van der Waals surface area contributed by atoms with Crippen molar-refractivity contribution in [3.05, 3.63) is 35.6 Å². The Kier molecular flexibility index (Phi) is 9.37. The Hall–Kier alpha value is -2.16. The minimum Gasteiger partial charge on any atom is -0.475 e. The van der Waals surface area contributed by atoms with Crippen LogP contribution in [0.25, 0.3) is 0 Å². The molecule has 1 amide bonds. The van der Waals surface area contributed by atoms with Gasteiger partial charge >= 0.3 is 12.1 Å². The number of hydrogen-bond donors (Lipinski definition) is 1. The third-order valence-electron chi connectivity index (χ3n) is 4.38. The number of piperidine rings is 1. The lowest BCUT2D eigenvalue weighted by Gasteiger charge is -2.31. The zero-order valence-electron chi connectivity index (χ0n) is 16.0. The molecule has 28 heavy (non-hydrogen) atoms. The molecule has 0 radical (unpaired) electrons. The topological polar surface area (TPSA) is 60.9 Å². The number of carbonyl (C=O) groups is 2. The van der Waals surface area contributed by atoms with Crippen LogP contribution in [0.3, 0.4) is 0 Å². The minimum absolute atomic E-state index is 0.151. The summed E-state index contributed by atoms with van der Waals surface area (Å²) in [5.41, 5.74) is 0.957. The van der Waals surface area contributed by atoms with Crippen molar-refractivity contribution in [1.29, 1.82) is 0 Å². The van der Waals surface area contributed by atoms with Gasteiger partial charge in [0.05, 0.1) is 0 Å². The van der Waals surface area contributed by atoms with E-state index in [1.165, 1.54) is 25.0 Å². The van der Waals surface area contributed by atoms with Crippen molar-refractivity contribution in [3.8, 4) is 0 Å². The number of amides is 1. The number of rotatable bonds is 5. The second kappa shape index (κ2) is 11.0. The van der Waals surface area contributed by atoms with E-state index in [1.807, 2.05) is 7.05 Å². The Morgan fingerprint density at radius 2 is 1.82 bits per heavy atom. The third-order valence-corrected chi connectivity index (χ3v) is 4.38. The molecule has 0 aromatic heterocycles. The molecule has 1 unspecified atom stereocenters. The van der Waals surface area contributed by atoms with Crippen LogP contribution in [0.2, 0.25) is 0 Å². The van der Waals surface area contributed by atoms with Crippen molar-refractivity contribution in [2.24, 2.45) is 5.92 Å². The molecule has 1 aliphatic rings. The first-order valence-corrected chi connectivity index (χ1v) is 9.00. The Bertz CT molecular complexity index is 635. The maximum absolute atomic E-state index is 12.9. The molecule has 158 valence electrons. The Morgan fingerprint density at radius 1 is 1.25 bits per heavy atom. The van der Waals surface area contributed by atoms with Crippen LogP contribution in [-0.2, 0) is 16.1 Å². The van der Waals surface area contributed by atoms with E-state index in [0.717, 1.165) is 31.1 Å². The number of nitrogens with zero attached hydrogens (tertiary/aromatic N) is 2. The molecule has 1 heterocycles. The largest absolute Gasteiger partial charge is 0.490 e. The number of alkyl halides is 3. The average molecular weight is 406 g/mol. The van der Waals surface area contributed by atoms with E-state index in [-0.39, 0.29) is 11.7 Å². The Labute approximate surface area is 161 Å². The van der Waals surface area contributed by atoms with E-state index in [1.54, 1.807) is 17.0 Å². The van der Waals surface area contributed by atoms with E-state index in [0.29, 0.717) is 13.0 Å². The minimum atomic E-state index is -5.08. The second-order valence-corrected chi connectivity index (χ2v) is 6.98. The highest BCUT2D eigenvalue weighted by Gasteiger charge is 2.38. The first-order chi connectivity index (χ1) is 13.0. The molecule has 1 N–H and O–H groups in total. The summed E-state index contributed by atoms with van der Waals surface area (Å²) in [4.78, 5) is 25.2. The van der Waals surface area contributed by atoms with E-state index >= 15 is 0 Å². The van der Waals surface area contributed by atoms with E-state index in [2.05, 4.69) is 11.8 Å². The molecule has 5 nitrogen and oxygen atoms in total. The van der Waals surface area contributed by atoms with Crippen LogP contribution in [0.4, 0.5) is 17.6 Å². The van der Waals surface area contributed by atoms with E-state index in [4.69, 9.17) is 9.90 Å². The molecular weight excluding hydrogens is 380 g/mol. The zero-order valence-corrected chi connectivity index (χ0v) is 16.0. The lowest BCUT2D eigenvalue weighted by Crippen LogP contribution is -2.37. The average Bonchev–Trinajstić information content (AvgIpc) is 2.61. The molecular formula is C19H26F4N2O3. The highest BCUT2D eigenvalue weighted by atomic mass is 19.4. The standard InChI is InChI=1S/C17H25FN2O.C2HF3O2/c1-14-4-3-10-20(12-14)11-9-17(21)19(2)13-15-5-7-16(18)8-6-15;3-2(4,5)1(6)7/h5-8,14H,3-4,9-13H2,1-2H3;(H,6,7). The van der Waals surface area contributed by atoms with Gasteiger partial charge in [0.1, 0.15) is 5.82 Å². The van der Waals surface area contributed by atoms with Crippen LogP contribution in [0.1, 0.15) is 31.7 Å². The van der Waals surface area contributed by atoms with Crippen molar-refractivity contribution in [2.75, 3.05) is 26.7 Å². The van der Waals surface area contributed by atoms with Gasteiger partial charge in [0, 0.05) is 33.1 Å². The van der Waals surface area contributed by atoms with Gasteiger partial charge in [-0.2, -0.15) is 13.2 Å². The van der Waals surface area contributed by atoms with E-state index < -0.39 is 12.1 Å². The fourth-order valence-corrected chi connectivity index (χ4v) is 2.89. The molecule has 1 atom stereocenters. The zero-order chi connectivity index (χ0) is 21.3. The number of carbonyl (C=O) groups excluding carboxylic acids is 1. The number of halogens is 4. The van der Waals surface area contributed by atoms with Crippen LogP contribution >= 0.6 is 0 Å². The van der Waals surface area contributed by atoms with Crippen molar-refractivity contribution in [2.45, 2.75) is 38.9 Å². The first kappa shape index (κ1) is 23.9. The van der Waals surface area contributed by atoms with E-state index in [9.17, 15) is 22.4 Å². The van der Waals surface area contributed by atoms with Gasteiger partial charge in [-0.15, -0.1) is 0 Å². The molecule has 1 aromatic rings. The predicted molar refractivity (Wildman–Crippen MR) is 96.0 cm³/mol. The number of likely N-dealkylation sites (tertiary alicyclic amines) is 1. The molecule has 9 heteroatoms. The molecule has 0 bridgehead atoms. The first-order valence-electron chi connectivity index (χ1n) is 9.00. The molecule has 1 aromatic carbocycles. The van der Waals surface area contributed by atoms with Gasteiger partial charge in [0.25, 0.3) is 0 Å². The van der Waals surface area contributed by atoms with Gasteiger partial charge in [-0.25, -0.2) is 9.18 Å². The summed E-state index contributed by atoms with van der Waals surface area (Å²) in [6, 6.07) is 6.32. The molecule has 0 spiro atoms. The molecule has 0 aliphatic carbocycles. The predicted octanol–water partition coefficient (Wildman–Crippen LogP) is 3.54. The third kappa shape index (κ3) is 9.16. The highest BCUT2D eigenvalue weighted by molar-refractivity contribution is 5.76. The molecule has 1 fully saturated rings. The quantitative estimate of drug-likeness (QED) is 0.760. The summed E-state index contributed by atoms with van der Waals surface area (Å²) < 4.78 is 44.6.